The lowest BCUT2D eigenvalue weighted by molar-refractivity contribution is -0.139. The Morgan fingerprint density at radius 1 is 1.03 bits per heavy atom. The van der Waals surface area contributed by atoms with Gasteiger partial charge in [0.1, 0.15) is 19.4 Å². The van der Waals surface area contributed by atoms with Crippen molar-refractivity contribution in [1.82, 2.24) is 10.6 Å². The van der Waals surface area contributed by atoms with Crippen LogP contribution in [-0.2, 0) is 23.8 Å². The van der Waals surface area contributed by atoms with Crippen LogP contribution in [0.5, 0.6) is 0 Å². The fraction of sp³-hybridized carbons (Fsp3) is 0.375. The van der Waals surface area contributed by atoms with E-state index in [-0.39, 0.29) is 25.9 Å². The summed E-state index contributed by atoms with van der Waals surface area (Å²) in [6.45, 7) is 0.861. The first-order valence-corrected chi connectivity index (χ1v) is 10.7. The van der Waals surface area contributed by atoms with E-state index in [4.69, 9.17) is 19.3 Å². The summed E-state index contributed by atoms with van der Waals surface area (Å²) in [7, 11) is 1.51. The molecule has 1 aliphatic carbocycles. The molecule has 2 amide bonds. The Labute approximate surface area is 192 Å². The third-order valence-corrected chi connectivity index (χ3v) is 5.30. The molecule has 2 aromatic carbocycles. The van der Waals surface area contributed by atoms with Crippen LogP contribution in [0.3, 0.4) is 0 Å². The smallest absolute Gasteiger partial charge is 0.407 e. The summed E-state index contributed by atoms with van der Waals surface area (Å²) >= 11 is 0. The van der Waals surface area contributed by atoms with Gasteiger partial charge < -0.3 is 30.0 Å². The predicted molar refractivity (Wildman–Crippen MR) is 120 cm³/mol. The molecule has 3 N–H and O–H groups in total. The Morgan fingerprint density at radius 3 is 2.27 bits per heavy atom. The summed E-state index contributed by atoms with van der Waals surface area (Å²) in [5.41, 5.74) is 4.31. The maximum atomic E-state index is 12.4. The highest BCUT2D eigenvalue weighted by Crippen LogP contribution is 2.44. The van der Waals surface area contributed by atoms with Crippen LogP contribution in [0.25, 0.3) is 11.1 Å². The maximum absolute atomic E-state index is 12.4. The van der Waals surface area contributed by atoms with Crippen molar-refractivity contribution >= 4 is 18.0 Å². The Balaban J connectivity index is 1.55. The molecule has 1 atom stereocenters. The maximum Gasteiger partial charge on any atom is 0.407 e. The topological polar surface area (TPSA) is 123 Å². The number of nitrogens with one attached hydrogen (secondary N) is 2. The zero-order chi connectivity index (χ0) is 23.6. The normalized spacial score (nSPS) is 13.0. The number of benzene rings is 2. The van der Waals surface area contributed by atoms with Crippen LogP contribution in [0, 0.1) is 0 Å². The van der Waals surface area contributed by atoms with Crippen LogP contribution in [0.4, 0.5) is 4.79 Å². The molecule has 0 aliphatic heterocycles. The molecule has 0 aromatic heterocycles. The predicted octanol–water partition coefficient (Wildman–Crippen LogP) is 2.50. The molecule has 9 heteroatoms. The van der Waals surface area contributed by atoms with Gasteiger partial charge in [0.15, 0.2) is 0 Å². The first kappa shape index (κ1) is 24.2. The van der Waals surface area contributed by atoms with E-state index in [2.05, 4.69) is 10.6 Å². The molecule has 176 valence electrons. The van der Waals surface area contributed by atoms with Gasteiger partial charge in [-0.15, -0.1) is 0 Å². The second-order valence-corrected chi connectivity index (χ2v) is 7.58. The molecule has 1 unspecified atom stereocenters. The van der Waals surface area contributed by atoms with E-state index in [1.807, 2.05) is 48.5 Å². The highest BCUT2D eigenvalue weighted by atomic mass is 16.7. The summed E-state index contributed by atoms with van der Waals surface area (Å²) in [5.74, 6) is -1.95. The molecule has 0 fully saturated rings. The molecule has 0 spiro atoms. The molecular weight excluding hydrogens is 428 g/mol. The van der Waals surface area contributed by atoms with E-state index in [1.165, 1.54) is 7.11 Å². The van der Waals surface area contributed by atoms with Crippen molar-refractivity contribution < 1.29 is 33.7 Å². The summed E-state index contributed by atoms with van der Waals surface area (Å²) in [6.07, 6.45) is -0.891. The minimum Gasteiger partial charge on any atom is -0.481 e. The van der Waals surface area contributed by atoms with Gasteiger partial charge >= 0.3 is 12.1 Å². The molecule has 33 heavy (non-hydrogen) atoms. The Morgan fingerprint density at radius 2 is 1.67 bits per heavy atom. The van der Waals surface area contributed by atoms with Gasteiger partial charge in [-0.05, 0) is 28.7 Å². The van der Waals surface area contributed by atoms with Crippen LogP contribution in [0.15, 0.2) is 48.5 Å². The van der Waals surface area contributed by atoms with Gasteiger partial charge in [-0.1, -0.05) is 48.5 Å². The number of aliphatic carboxylic acids is 1. The van der Waals surface area contributed by atoms with Gasteiger partial charge in [-0.2, -0.15) is 0 Å². The molecule has 1 aliphatic rings. The average Bonchev–Trinajstić information content (AvgIpc) is 3.13. The number of carboxylic acids is 1. The standard InChI is InChI=1S/C24H28N2O7/c1-31-15-32-12-6-11-25-23(29)21(13-22(27)28)26-24(30)33-14-20-18-9-4-2-7-16(18)17-8-3-5-10-19(17)20/h2-5,7-10,20-21H,6,11-15H2,1H3,(H,25,29)(H,26,30)(H,27,28). The van der Waals surface area contributed by atoms with Gasteiger partial charge in [-0.25, -0.2) is 4.79 Å². The summed E-state index contributed by atoms with van der Waals surface area (Å²) in [6, 6.07) is 14.6. The van der Waals surface area contributed by atoms with Gasteiger partial charge in [-0.3, -0.25) is 9.59 Å². The number of alkyl carbamates (subject to hydrolysis) is 1. The van der Waals surface area contributed by atoms with E-state index >= 15 is 0 Å². The molecule has 0 saturated heterocycles. The Hall–Kier alpha value is -3.43. The van der Waals surface area contributed by atoms with E-state index in [0.29, 0.717) is 13.0 Å². The van der Waals surface area contributed by atoms with E-state index < -0.39 is 30.4 Å². The minimum atomic E-state index is -1.25. The average molecular weight is 456 g/mol. The third kappa shape index (κ3) is 6.53. The zero-order valence-corrected chi connectivity index (χ0v) is 18.4. The number of methoxy groups -OCH3 is 1. The molecule has 9 nitrogen and oxygen atoms in total. The van der Waals surface area contributed by atoms with Gasteiger partial charge in [0.05, 0.1) is 13.0 Å². The second kappa shape index (κ2) is 12.0. The first-order valence-electron chi connectivity index (χ1n) is 10.7. The van der Waals surface area contributed by atoms with Gasteiger partial charge in [0, 0.05) is 19.6 Å². The highest BCUT2D eigenvalue weighted by molar-refractivity contribution is 5.89. The quantitative estimate of drug-likeness (QED) is 0.331. The number of hydrogen-bond donors (Lipinski definition) is 3. The SMILES string of the molecule is COCOCCCNC(=O)C(CC(=O)O)NC(=O)OCC1c2ccccc2-c2ccccc21. The lowest BCUT2D eigenvalue weighted by Crippen LogP contribution is -2.48. The summed E-state index contributed by atoms with van der Waals surface area (Å²) < 4.78 is 15.3. The number of amides is 2. The number of hydrogen-bond acceptors (Lipinski definition) is 6. The molecule has 2 aromatic rings. The van der Waals surface area contributed by atoms with Crippen LogP contribution in [0.2, 0.25) is 0 Å². The summed E-state index contributed by atoms with van der Waals surface area (Å²) in [5, 5.41) is 14.1. The third-order valence-electron chi connectivity index (χ3n) is 5.30. The van der Waals surface area contributed by atoms with Crippen LogP contribution >= 0.6 is 0 Å². The number of carbonyl (C=O) groups is 3. The number of rotatable bonds is 12. The van der Waals surface area contributed by atoms with Crippen LogP contribution < -0.4 is 10.6 Å². The van der Waals surface area contributed by atoms with Crippen molar-refractivity contribution in [1.29, 1.82) is 0 Å². The minimum absolute atomic E-state index is 0.0676. The lowest BCUT2D eigenvalue weighted by Gasteiger charge is -2.18. The summed E-state index contributed by atoms with van der Waals surface area (Å²) in [4.78, 5) is 36.0. The molecule has 0 saturated carbocycles. The van der Waals surface area contributed by atoms with Crippen molar-refractivity contribution in [3.63, 3.8) is 0 Å². The van der Waals surface area contributed by atoms with Crippen molar-refractivity contribution in [3.05, 3.63) is 59.7 Å². The molecular formula is C24H28N2O7. The highest BCUT2D eigenvalue weighted by Gasteiger charge is 2.30. The number of fused-ring (bicyclic) bond motifs is 3. The molecule has 3 rings (SSSR count). The fourth-order valence-electron chi connectivity index (χ4n) is 3.82. The van der Waals surface area contributed by atoms with E-state index in [1.54, 1.807) is 0 Å². The largest absolute Gasteiger partial charge is 0.481 e. The van der Waals surface area contributed by atoms with Gasteiger partial charge in [0.2, 0.25) is 5.91 Å². The molecule has 0 radical (unpaired) electrons. The van der Waals surface area contributed by atoms with Gasteiger partial charge in [0.25, 0.3) is 0 Å². The van der Waals surface area contributed by atoms with Crippen molar-refractivity contribution in [2.45, 2.75) is 24.8 Å². The number of ether oxygens (including phenoxy) is 3. The Kier molecular flexibility index (Phi) is 8.79. The monoisotopic (exact) mass is 456 g/mol. The lowest BCUT2D eigenvalue weighted by atomic mass is 9.98. The van der Waals surface area contributed by atoms with Crippen LogP contribution in [0.1, 0.15) is 29.9 Å². The molecule has 0 bridgehead atoms. The zero-order valence-electron chi connectivity index (χ0n) is 18.4. The van der Waals surface area contributed by atoms with Crippen molar-refractivity contribution in [2.75, 3.05) is 33.7 Å². The van der Waals surface area contributed by atoms with Crippen molar-refractivity contribution in [3.8, 4) is 11.1 Å². The first-order chi connectivity index (χ1) is 16.0. The van der Waals surface area contributed by atoms with Crippen molar-refractivity contribution in [2.24, 2.45) is 0 Å². The van der Waals surface area contributed by atoms with E-state index in [9.17, 15) is 14.4 Å². The number of carbonyl (C=O) groups excluding carboxylic acids is 2. The fourth-order valence-corrected chi connectivity index (χ4v) is 3.82. The Bertz CT molecular complexity index is 933. The molecule has 0 heterocycles. The van der Waals surface area contributed by atoms with Crippen LogP contribution in [-0.4, -0.2) is 62.8 Å². The van der Waals surface area contributed by atoms with E-state index in [0.717, 1.165) is 22.3 Å². The second-order valence-electron chi connectivity index (χ2n) is 7.58. The number of carboxylic acid groups (broad SMARTS) is 1.